The zero-order valence-corrected chi connectivity index (χ0v) is 12.1. The van der Waals surface area contributed by atoms with Crippen molar-refractivity contribution in [2.24, 2.45) is 5.92 Å². The van der Waals surface area contributed by atoms with Crippen LogP contribution in [0.15, 0.2) is 18.2 Å². The number of nitrogens with one attached hydrogen (secondary N) is 1. The Morgan fingerprint density at radius 3 is 2.50 bits per heavy atom. The lowest BCUT2D eigenvalue weighted by molar-refractivity contribution is 0.414. The number of likely N-dealkylation sites (N-methyl/N-ethyl adjacent to an activating group) is 1. The maximum atomic E-state index is 3.56. The second kappa shape index (κ2) is 6.38. The molecule has 1 fully saturated rings. The minimum Gasteiger partial charge on any atom is -0.316 e. The van der Waals surface area contributed by atoms with Crippen LogP contribution in [0.3, 0.4) is 0 Å². The summed E-state index contributed by atoms with van der Waals surface area (Å²) < 4.78 is 0. The monoisotopic (exact) mass is 245 g/mol. The molecule has 1 nitrogen and oxygen atoms in total. The molecule has 100 valence electrons. The van der Waals surface area contributed by atoms with Crippen LogP contribution in [0, 0.1) is 19.8 Å². The van der Waals surface area contributed by atoms with E-state index >= 15 is 0 Å². The molecule has 1 unspecified atom stereocenters. The average molecular weight is 245 g/mol. The van der Waals surface area contributed by atoms with E-state index < -0.39 is 0 Å². The first kappa shape index (κ1) is 13.6. The van der Waals surface area contributed by atoms with E-state index in [9.17, 15) is 0 Å². The molecule has 1 heteroatoms. The fourth-order valence-electron chi connectivity index (χ4n) is 3.21. The Morgan fingerprint density at radius 1 is 1.17 bits per heavy atom. The van der Waals surface area contributed by atoms with Crippen molar-refractivity contribution in [2.45, 2.75) is 52.4 Å². The van der Waals surface area contributed by atoms with Gasteiger partial charge in [-0.05, 0) is 61.8 Å². The van der Waals surface area contributed by atoms with Gasteiger partial charge in [0, 0.05) is 6.54 Å². The molecule has 1 N–H and O–H groups in total. The van der Waals surface area contributed by atoms with Crippen molar-refractivity contribution in [2.75, 3.05) is 13.1 Å². The molecule has 1 aromatic carbocycles. The van der Waals surface area contributed by atoms with Crippen LogP contribution in [-0.2, 0) is 0 Å². The van der Waals surface area contributed by atoms with Gasteiger partial charge in [0.1, 0.15) is 0 Å². The van der Waals surface area contributed by atoms with Crippen LogP contribution in [0.1, 0.15) is 55.2 Å². The lowest BCUT2D eigenvalue weighted by Gasteiger charge is -2.25. The Hall–Kier alpha value is -0.820. The molecule has 1 saturated carbocycles. The minimum absolute atomic E-state index is 0.715. The van der Waals surface area contributed by atoms with Crippen molar-refractivity contribution in [3.05, 3.63) is 34.9 Å². The van der Waals surface area contributed by atoms with Gasteiger partial charge < -0.3 is 5.32 Å². The van der Waals surface area contributed by atoms with Crippen molar-refractivity contribution in [1.29, 1.82) is 0 Å². The molecule has 1 aromatic rings. The van der Waals surface area contributed by atoms with Gasteiger partial charge in [-0.15, -0.1) is 0 Å². The number of rotatable bonds is 5. The third-order valence-corrected chi connectivity index (χ3v) is 4.54. The first-order chi connectivity index (χ1) is 8.72. The van der Waals surface area contributed by atoms with Crippen molar-refractivity contribution in [1.82, 2.24) is 5.32 Å². The molecule has 1 atom stereocenters. The zero-order valence-electron chi connectivity index (χ0n) is 12.1. The largest absolute Gasteiger partial charge is 0.316 e. The fourth-order valence-corrected chi connectivity index (χ4v) is 3.21. The highest BCUT2D eigenvalue weighted by molar-refractivity contribution is 5.32. The highest BCUT2D eigenvalue weighted by atomic mass is 14.8. The normalized spacial score (nSPS) is 18.2. The van der Waals surface area contributed by atoms with Crippen LogP contribution in [0.25, 0.3) is 0 Å². The number of benzene rings is 1. The summed E-state index contributed by atoms with van der Waals surface area (Å²) in [7, 11) is 0. The Morgan fingerprint density at radius 2 is 1.89 bits per heavy atom. The van der Waals surface area contributed by atoms with Gasteiger partial charge in [0.05, 0.1) is 0 Å². The topological polar surface area (TPSA) is 12.0 Å². The zero-order chi connectivity index (χ0) is 13.0. The summed E-state index contributed by atoms with van der Waals surface area (Å²) in [5, 5.41) is 3.56. The van der Waals surface area contributed by atoms with Gasteiger partial charge >= 0.3 is 0 Å². The summed E-state index contributed by atoms with van der Waals surface area (Å²) in [6.45, 7) is 8.86. The molecule has 0 saturated heterocycles. The standard InChI is InChI=1S/C17H27N/c1-4-18-12-17(15-7-5-6-8-15)16-10-9-13(2)14(3)11-16/h9-11,15,17-18H,4-8,12H2,1-3H3. The van der Waals surface area contributed by atoms with Gasteiger partial charge in [-0.25, -0.2) is 0 Å². The predicted octanol–water partition coefficient (Wildman–Crippen LogP) is 4.19. The molecule has 2 rings (SSSR count). The molecule has 1 aliphatic rings. The second-order valence-corrected chi connectivity index (χ2v) is 5.80. The summed E-state index contributed by atoms with van der Waals surface area (Å²) in [5.41, 5.74) is 4.39. The maximum absolute atomic E-state index is 3.56. The van der Waals surface area contributed by atoms with Gasteiger partial charge in [-0.3, -0.25) is 0 Å². The highest BCUT2D eigenvalue weighted by Gasteiger charge is 2.26. The maximum Gasteiger partial charge on any atom is 0.00227 e. The number of aryl methyl sites for hydroxylation is 2. The van der Waals surface area contributed by atoms with E-state index in [2.05, 4.69) is 44.3 Å². The van der Waals surface area contributed by atoms with E-state index in [1.807, 2.05) is 0 Å². The molecule has 0 aliphatic heterocycles. The average Bonchev–Trinajstić information content (AvgIpc) is 2.88. The molecule has 0 heterocycles. The van der Waals surface area contributed by atoms with Crippen LogP contribution in [0.4, 0.5) is 0 Å². The van der Waals surface area contributed by atoms with Crippen molar-refractivity contribution in [3.63, 3.8) is 0 Å². The minimum atomic E-state index is 0.715. The molecule has 18 heavy (non-hydrogen) atoms. The van der Waals surface area contributed by atoms with Gasteiger partial charge in [-0.1, -0.05) is 38.0 Å². The smallest absolute Gasteiger partial charge is 0.00227 e. The molecule has 0 aromatic heterocycles. The molecule has 0 radical (unpaired) electrons. The molecule has 1 aliphatic carbocycles. The second-order valence-electron chi connectivity index (χ2n) is 5.80. The van der Waals surface area contributed by atoms with E-state index in [4.69, 9.17) is 0 Å². The van der Waals surface area contributed by atoms with Crippen molar-refractivity contribution in [3.8, 4) is 0 Å². The lowest BCUT2D eigenvalue weighted by Crippen LogP contribution is -2.25. The van der Waals surface area contributed by atoms with Crippen LogP contribution in [0.5, 0.6) is 0 Å². The predicted molar refractivity (Wildman–Crippen MR) is 79.2 cm³/mol. The highest BCUT2D eigenvalue weighted by Crippen LogP contribution is 2.37. The van der Waals surface area contributed by atoms with E-state index in [1.54, 1.807) is 5.56 Å². The summed E-state index contributed by atoms with van der Waals surface area (Å²) in [5.74, 6) is 1.61. The Kier molecular flexibility index (Phi) is 4.82. The first-order valence-electron chi connectivity index (χ1n) is 7.50. The van der Waals surface area contributed by atoms with E-state index in [0.717, 1.165) is 19.0 Å². The van der Waals surface area contributed by atoms with Gasteiger partial charge in [0.2, 0.25) is 0 Å². The Bertz CT molecular complexity index is 377. The fraction of sp³-hybridized carbons (Fsp3) is 0.647. The van der Waals surface area contributed by atoms with Gasteiger partial charge in [0.15, 0.2) is 0 Å². The molecular formula is C17H27N. The third kappa shape index (κ3) is 3.14. The van der Waals surface area contributed by atoms with Gasteiger partial charge in [-0.2, -0.15) is 0 Å². The summed E-state index contributed by atoms with van der Waals surface area (Å²) in [6, 6.07) is 7.05. The van der Waals surface area contributed by atoms with Crippen LogP contribution in [0.2, 0.25) is 0 Å². The SMILES string of the molecule is CCNCC(c1ccc(C)c(C)c1)C1CCCC1. The van der Waals surface area contributed by atoms with E-state index in [1.165, 1.54) is 36.8 Å². The van der Waals surface area contributed by atoms with E-state index in [0.29, 0.717) is 5.92 Å². The van der Waals surface area contributed by atoms with Crippen LogP contribution >= 0.6 is 0 Å². The van der Waals surface area contributed by atoms with E-state index in [-0.39, 0.29) is 0 Å². The Balaban J connectivity index is 2.17. The first-order valence-corrected chi connectivity index (χ1v) is 7.50. The molecular weight excluding hydrogens is 218 g/mol. The molecule has 0 spiro atoms. The quantitative estimate of drug-likeness (QED) is 0.820. The summed E-state index contributed by atoms with van der Waals surface area (Å²) in [4.78, 5) is 0. The van der Waals surface area contributed by atoms with Gasteiger partial charge in [0.25, 0.3) is 0 Å². The summed E-state index contributed by atoms with van der Waals surface area (Å²) >= 11 is 0. The number of hydrogen-bond acceptors (Lipinski definition) is 1. The van der Waals surface area contributed by atoms with Crippen LogP contribution < -0.4 is 5.32 Å². The number of hydrogen-bond donors (Lipinski definition) is 1. The molecule has 0 bridgehead atoms. The van der Waals surface area contributed by atoms with Crippen molar-refractivity contribution < 1.29 is 0 Å². The van der Waals surface area contributed by atoms with Crippen LogP contribution in [-0.4, -0.2) is 13.1 Å². The van der Waals surface area contributed by atoms with Crippen molar-refractivity contribution >= 4 is 0 Å². The molecule has 0 amide bonds. The Labute approximate surface area is 112 Å². The third-order valence-electron chi connectivity index (χ3n) is 4.54. The summed E-state index contributed by atoms with van der Waals surface area (Å²) in [6.07, 6.45) is 5.70. The lowest BCUT2D eigenvalue weighted by atomic mass is 9.83.